The molecule has 2 rings (SSSR count). The lowest BCUT2D eigenvalue weighted by Crippen LogP contribution is -2.32. The summed E-state index contributed by atoms with van der Waals surface area (Å²) in [5.74, 6) is -0.670. The lowest BCUT2D eigenvalue weighted by Gasteiger charge is -2.19. The van der Waals surface area contributed by atoms with Gasteiger partial charge in [-0.2, -0.15) is 0 Å². The Morgan fingerprint density at radius 2 is 1.56 bits per heavy atom. The quantitative estimate of drug-likeness (QED) is 0.619. The van der Waals surface area contributed by atoms with E-state index in [1.165, 1.54) is 6.92 Å². The van der Waals surface area contributed by atoms with Gasteiger partial charge in [-0.15, -0.1) is 0 Å². The minimum atomic E-state index is -3.97. The van der Waals surface area contributed by atoms with Crippen molar-refractivity contribution < 1.29 is 18.1 Å². The van der Waals surface area contributed by atoms with E-state index in [4.69, 9.17) is 0 Å². The zero-order chi connectivity index (χ0) is 20.4. The van der Waals surface area contributed by atoms with Crippen LogP contribution in [0.25, 0.3) is 0 Å². The number of carbonyl (C=O) groups excluding carboxylic acids is 1. The van der Waals surface area contributed by atoms with E-state index in [-0.39, 0.29) is 16.0 Å². The third kappa shape index (κ3) is 4.71. The number of anilines is 1. The van der Waals surface area contributed by atoms with Crippen LogP contribution < -0.4 is 5.32 Å². The van der Waals surface area contributed by atoms with Crippen molar-refractivity contribution in [3.8, 4) is 0 Å². The molecule has 2 aromatic carbocycles. The fourth-order valence-electron chi connectivity index (χ4n) is 2.40. The molecule has 0 aliphatic heterocycles. The normalized spacial score (nSPS) is 13.0. The molecule has 0 aromatic heterocycles. The number of non-ortho nitro benzene ring substituents is 1. The van der Waals surface area contributed by atoms with Crippen LogP contribution in [0.3, 0.4) is 0 Å². The van der Waals surface area contributed by atoms with E-state index < -0.39 is 25.9 Å². The Balaban J connectivity index is 2.16. The van der Waals surface area contributed by atoms with Gasteiger partial charge in [-0.3, -0.25) is 14.9 Å². The number of rotatable bonds is 5. The predicted octanol–water partition coefficient (Wildman–Crippen LogP) is 3.69. The number of carbonyl (C=O) groups is 1. The molecule has 0 radical (unpaired) electrons. The highest BCUT2D eigenvalue weighted by molar-refractivity contribution is 7.92. The monoisotopic (exact) mass is 390 g/mol. The molecule has 2 aromatic rings. The number of hydrogen-bond donors (Lipinski definition) is 1. The van der Waals surface area contributed by atoms with E-state index in [0.29, 0.717) is 5.69 Å². The summed E-state index contributed by atoms with van der Waals surface area (Å²) in [5.41, 5.74) is 1.34. The van der Waals surface area contributed by atoms with Crippen molar-refractivity contribution in [2.24, 2.45) is 0 Å². The van der Waals surface area contributed by atoms with Crippen LogP contribution in [0.5, 0.6) is 0 Å². The molecule has 1 amide bonds. The average Bonchev–Trinajstić information content (AvgIpc) is 2.60. The molecule has 8 heteroatoms. The standard InChI is InChI=1S/C19H22N2O5S/c1-13(27(25,26)17-11-9-16(10-12-17)21(23)24)18(22)20-15-7-5-14(6-8-15)19(2,3)4/h5-13H,1-4H3,(H,20,22)/t13-/m1/s1. The number of nitro benzene ring substituents is 1. The lowest BCUT2D eigenvalue weighted by atomic mass is 9.87. The molecule has 0 unspecified atom stereocenters. The topological polar surface area (TPSA) is 106 Å². The average molecular weight is 390 g/mol. The molecular formula is C19H22N2O5S. The maximum atomic E-state index is 12.6. The summed E-state index contributed by atoms with van der Waals surface area (Å²) < 4.78 is 25.2. The van der Waals surface area contributed by atoms with Crippen molar-refractivity contribution >= 4 is 27.1 Å². The number of nitrogens with one attached hydrogen (secondary N) is 1. The first-order valence-corrected chi connectivity index (χ1v) is 9.87. The van der Waals surface area contributed by atoms with Crippen LogP contribution in [-0.4, -0.2) is 24.5 Å². The molecule has 0 saturated carbocycles. The first kappa shape index (κ1) is 20.6. The smallest absolute Gasteiger partial charge is 0.269 e. The van der Waals surface area contributed by atoms with Gasteiger partial charge in [0.15, 0.2) is 9.84 Å². The summed E-state index contributed by atoms with van der Waals surface area (Å²) in [7, 11) is -3.97. The van der Waals surface area contributed by atoms with Crippen LogP contribution in [0, 0.1) is 10.1 Å². The van der Waals surface area contributed by atoms with Gasteiger partial charge >= 0.3 is 0 Å². The molecule has 0 fully saturated rings. The lowest BCUT2D eigenvalue weighted by molar-refractivity contribution is -0.384. The van der Waals surface area contributed by atoms with Crippen LogP contribution in [0.15, 0.2) is 53.4 Å². The van der Waals surface area contributed by atoms with Crippen molar-refractivity contribution in [3.05, 3.63) is 64.2 Å². The van der Waals surface area contributed by atoms with Gasteiger partial charge in [-0.05, 0) is 42.2 Å². The minimum Gasteiger partial charge on any atom is -0.325 e. The Hall–Kier alpha value is -2.74. The molecule has 0 spiro atoms. The zero-order valence-corrected chi connectivity index (χ0v) is 16.4. The van der Waals surface area contributed by atoms with Gasteiger partial charge in [0.05, 0.1) is 9.82 Å². The van der Waals surface area contributed by atoms with Crippen LogP contribution in [0.4, 0.5) is 11.4 Å². The second-order valence-electron chi connectivity index (χ2n) is 7.25. The van der Waals surface area contributed by atoms with Gasteiger partial charge < -0.3 is 5.32 Å². The molecule has 0 aliphatic carbocycles. The van der Waals surface area contributed by atoms with Gasteiger partial charge in [-0.25, -0.2) is 8.42 Å². The molecule has 0 saturated heterocycles. The highest BCUT2D eigenvalue weighted by Crippen LogP contribution is 2.24. The number of benzene rings is 2. The Labute approximate surface area is 158 Å². The number of nitro groups is 1. The van der Waals surface area contributed by atoms with Crippen LogP contribution in [0.2, 0.25) is 0 Å². The molecular weight excluding hydrogens is 368 g/mol. The van der Waals surface area contributed by atoms with Crippen molar-refractivity contribution in [1.29, 1.82) is 0 Å². The van der Waals surface area contributed by atoms with E-state index in [0.717, 1.165) is 29.8 Å². The predicted molar refractivity (Wildman–Crippen MR) is 104 cm³/mol. The Bertz CT molecular complexity index is 943. The van der Waals surface area contributed by atoms with E-state index in [1.807, 2.05) is 12.1 Å². The molecule has 1 atom stereocenters. The van der Waals surface area contributed by atoms with Crippen molar-refractivity contribution in [1.82, 2.24) is 0 Å². The minimum absolute atomic E-state index is 0.0326. The molecule has 0 aliphatic rings. The summed E-state index contributed by atoms with van der Waals surface area (Å²) in [6.07, 6.45) is 0. The first-order valence-electron chi connectivity index (χ1n) is 8.32. The van der Waals surface area contributed by atoms with Gasteiger partial charge in [0, 0.05) is 17.8 Å². The third-order valence-corrected chi connectivity index (χ3v) is 6.30. The van der Waals surface area contributed by atoms with E-state index in [9.17, 15) is 23.3 Å². The summed E-state index contributed by atoms with van der Waals surface area (Å²) in [5, 5.41) is 11.9. The van der Waals surface area contributed by atoms with Gasteiger partial charge in [0.25, 0.3) is 5.69 Å². The number of hydrogen-bond acceptors (Lipinski definition) is 5. The summed E-state index contributed by atoms with van der Waals surface area (Å²) in [6.45, 7) is 7.49. The van der Waals surface area contributed by atoms with E-state index in [1.54, 1.807) is 12.1 Å². The van der Waals surface area contributed by atoms with Gasteiger partial charge in [-0.1, -0.05) is 32.9 Å². The highest BCUT2D eigenvalue weighted by atomic mass is 32.2. The Morgan fingerprint density at radius 3 is 2.00 bits per heavy atom. The highest BCUT2D eigenvalue weighted by Gasteiger charge is 2.30. The SMILES string of the molecule is C[C@H](C(=O)Nc1ccc(C(C)(C)C)cc1)S(=O)(=O)c1ccc([N+](=O)[O-])cc1. The zero-order valence-electron chi connectivity index (χ0n) is 15.6. The molecule has 144 valence electrons. The maximum Gasteiger partial charge on any atom is 0.269 e. The fourth-order valence-corrected chi connectivity index (χ4v) is 3.66. The van der Waals surface area contributed by atoms with Crippen molar-refractivity contribution in [3.63, 3.8) is 0 Å². The summed E-state index contributed by atoms with van der Waals surface area (Å²) in [4.78, 5) is 22.3. The Kier molecular flexibility index (Phi) is 5.70. The van der Waals surface area contributed by atoms with E-state index in [2.05, 4.69) is 26.1 Å². The summed E-state index contributed by atoms with van der Waals surface area (Å²) >= 11 is 0. The van der Waals surface area contributed by atoms with Crippen molar-refractivity contribution in [2.45, 2.75) is 43.3 Å². The van der Waals surface area contributed by atoms with Crippen molar-refractivity contribution in [2.75, 3.05) is 5.32 Å². The van der Waals surface area contributed by atoms with Gasteiger partial charge in [0.1, 0.15) is 5.25 Å². The fraction of sp³-hybridized carbons (Fsp3) is 0.316. The number of nitrogens with zero attached hydrogens (tertiary/aromatic N) is 1. The first-order chi connectivity index (χ1) is 12.4. The molecule has 27 heavy (non-hydrogen) atoms. The number of amides is 1. The molecule has 7 nitrogen and oxygen atoms in total. The Morgan fingerprint density at radius 1 is 1.04 bits per heavy atom. The molecule has 1 N–H and O–H groups in total. The second-order valence-corrected chi connectivity index (χ2v) is 9.52. The molecule has 0 bridgehead atoms. The largest absolute Gasteiger partial charge is 0.325 e. The van der Waals surface area contributed by atoms with Crippen LogP contribution >= 0.6 is 0 Å². The van der Waals surface area contributed by atoms with Crippen LogP contribution in [0.1, 0.15) is 33.3 Å². The second kappa shape index (κ2) is 7.48. The number of sulfone groups is 1. The van der Waals surface area contributed by atoms with E-state index >= 15 is 0 Å². The third-order valence-electron chi connectivity index (χ3n) is 4.23. The summed E-state index contributed by atoms with van der Waals surface area (Å²) in [6, 6.07) is 11.7. The molecule has 0 heterocycles. The van der Waals surface area contributed by atoms with Gasteiger partial charge in [0.2, 0.25) is 5.91 Å². The van der Waals surface area contributed by atoms with Crippen LogP contribution in [-0.2, 0) is 20.0 Å². The maximum absolute atomic E-state index is 12.6.